The second-order valence-electron chi connectivity index (χ2n) is 10.9. The molecule has 0 radical (unpaired) electrons. The van der Waals surface area contributed by atoms with E-state index < -0.39 is 66.8 Å². The number of carbonyl (C=O) groups is 4. The predicted octanol–water partition coefficient (Wildman–Crippen LogP) is 3.61. The second kappa shape index (κ2) is 16.5. The molecule has 0 bridgehead atoms. The average Bonchev–Trinajstić information content (AvgIpc) is 2.99. The van der Waals surface area contributed by atoms with Gasteiger partial charge in [-0.15, -0.1) is 0 Å². The van der Waals surface area contributed by atoms with Crippen molar-refractivity contribution < 1.29 is 33.0 Å². The molecule has 0 aliphatic heterocycles. The van der Waals surface area contributed by atoms with Crippen molar-refractivity contribution in [2.24, 2.45) is 11.7 Å². The zero-order valence-electron chi connectivity index (χ0n) is 25.1. The molecule has 0 aliphatic carbocycles. The summed E-state index contributed by atoms with van der Waals surface area (Å²) < 4.78 is 27.3. The smallest absolute Gasteiger partial charge is 0.252 e. The Balaban J connectivity index is 1.71. The quantitative estimate of drug-likeness (QED) is 0.160. The van der Waals surface area contributed by atoms with Crippen LogP contribution in [0.15, 0.2) is 91.0 Å². The van der Waals surface area contributed by atoms with Gasteiger partial charge in [-0.25, -0.2) is 4.39 Å². The van der Waals surface area contributed by atoms with E-state index >= 15 is 0 Å². The van der Waals surface area contributed by atoms with Crippen LogP contribution in [-0.2, 0) is 25.4 Å². The van der Waals surface area contributed by atoms with Crippen LogP contribution < -0.4 is 21.7 Å². The molecule has 12 heteroatoms. The molecule has 6 N–H and O–H groups in total. The number of amides is 4. The van der Waals surface area contributed by atoms with Gasteiger partial charge in [-0.3, -0.25) is 23.7 Å². The Morgan fingerprint density at radius 2 is 1.56 bits per heavy atom. The molecule has 238 valence electrons. The fraction of sp³-hybridized carbons (Fsp3) is 0.273. The van der Waals surface area contributed by atoms with E-state index in [-0.39, 0.29) is 18.4 Å². The third-order valence-corrected chi connectivity index (χ3v) is 8.95. The largest absolute Gasteiger partial charge is 0.368 e. The maximum atomic E-state index is 13.7. The second-order valence-corrected chi connectivity index (χ2v) is 13.4. The number of hydrogen-bond donors (Lipinski definition) is 5. The van der Waals surface area contributed by atoms with Crippen molar-refractivity contribution in [3.8, 4) is 0 Å². The molecule has 0 aliphatic rings. The molecule has 0 fully saturated rings. The summed E-state index contributed by atoms with van der Waals surface area (Å²) in [6, 6.07) is 20.5. The number of primary amides is 1. The lowest BCUT2D eigenvalue weighted by Crippen LogP contribution is -2.55. The molecule has 0 aromatic heterocycles. The summed E-state index contributed by atoms with van der Waals surface area (Å²) >= 11 is 0. The molecular formula is C33H38FN4O6P. The van der Waals surface area contributed by atoms with E-state index in [0.717, 1.165) is 17.7 Å². The van der Waals surface area contributed by atoms with E-state index in [1.165, 1.54) is 12.1 Å². The van der Waals surface area contributed by atoms with Crippen LogP contribution >= 0.6 is 7.37 Å². The van der Waals surface area contributed by atoms with Crippen LogP contribution in [0.2, 0.25) is 0 Å². The number of benzene rings is 3. The van der Waals surface area contributed by atoms with Crippen molar-refractivity contribution in [1.82, 2.24) is 16.0 Å². The highest BCUT2D eigenvalue weighted by Gasteiger charge is 2.37. The van der Waals surface area contributed by atoms with E-state index in [9.17, 15) is 33.0 Å². The first-order valence-corrected chi connectivity index (χ1v) is 16.3. The molecule has 3 aromatic carbocycles. The van der Waals surface area contributed by atoms with E-state index in [0.29, 0.717) is 5.56 Å². The summed E-state index contributed by atoms with van der Waals surface area (Å²) in [5.74, 6) is -5.68. The maximum Gasteiger partial charge on any atom is 0.252 e. The van der Waals surface area contributed by atoms with Gasteiger partial charge >= 0.3 is 0 Å². The topological polar surface area (TPSA) is 168 Å². The number of carbonyl (C=O) groups excluding carboxylic acids is 4. The Labute approximate surface area is 261 Å². The SMILES string of the molecule is CC(C)[C@H](NC(=O)CP(=O)(O)C(Cc1ccccc1)NC(=O)c1cccc(F)c1)C(=O)N[C@@H](C/C=C/c1ccccc1)C(N)=O. The van der Waals surface area contributed by atoms with Crippen LogP contribution in [0.4, 0.5) is 4.39 Å². The normalized spacial score (nSPS) is 14.6. The lowest BCUT2D eigenvalue weighted by atomic mass is 10.0. The zero-order chi connectivity index (χ0) is 33.0. The van der Waals surface area contributed by atoms with Gasteiger partial charge in [0.15, 0.2) is 0 Å². The minimum atomic E-state index is -4.47. The van der Waals surface area contributed by atoms with Gasteiger partial charge in [0.1, 0.15) is 29.8 Å². The van der Waals surface area contributed by atoms with Gasteiger partial charge in [0.2, 0.25) is 25.1 Å². The van der Waals surface area contributed by atoms with Crippen molar-refractivity contribution in [1.29, 1.82) is 0 Å². The minimum absolute atomic E-state index is 0.0586. The van der Waals surface area contributed by atoms with Gasteiger partial charge in [-0.05, 0) is 41.7 Å². The standard InChI is InChI=1S/C33H38FN4O6P/c1-22(2)30(33(42)36-27(31(35)40)18-9-15-23-11-5-3-6-12-23)37-28(39)21-45(43,44)29(19-24-13-7-4-8-14-24)38-32(41)25-16-10-17-26(34)20-25/h3-17,20,22,27,29-30H,18-19,21H2,1-2H3,(H2,35,40)(H,36,42)(H,37,39)(H,38,41)(H,43,44)/b15-9+/t27-,29?,30-/m0/s1. The first kappa shape index (κ1) is 34.9. The summed E-state index contributed by atoms with van der Waals surface area (Å²) in [6.07, 6.45) is 2.58. The van der Waals surface area contributed by atoms with Gasteiger partial charge in [0.25, 0.3) is 5.91 Å². The summed E-state index contributed by atoms with van der Waals surface area (Å²) in [4.78, 5) is 62.3. The zero-order valence-corrected chi connectivity index (χ0v) is 26.0. The summed E-state index contributed by atoms with van der Waals surface area (Å²) in [6.45, 7) is 3.32. The molecule has 0 spiro atoms. The van der Waals surface area contributed by atoms with Crippen LogP contribution in [0.5, 0.6) is 0 Å². The lowest BCUT2D eigenvalue weighted by Gasteiger charge is -2.27. The Kier molecular flexibility index (Phi) is 12.8. The monoisotopic (exact) mass is 636 g/mol. The van der Waals surface area contributed by atoms with Crippen molar-refractivity contribution in [3.05, 3.63) is 114 Å². The third-order valence-electron chi connectivity index (χ3n) is 6.92. The van der Waals surface area contributed by atoms with Crippen molar-refractivity contribution in [2.45, 2.75) is 44.6 Å². The van der Waals surface area contributed by atoms with E-state index in [1.54, 1.807) is 56.3 Å². The Bertz CT molecular complexity index is 1550. The Hall–Kier alpha value is -4.60. The average molecular weight is 637 g/mol. The van der Waals surface area contributed by atoms with Crippen molar-refractivity contribution in [3.63, 3.8) is 0 Å². The fourth-order valence-electron chi connectivity index (χ4n) is 4.48. The fourth-order valence-corrected chi connectivity index (χ4v) is 6.02. The molecule has 3 rings (SSSR count). The van der Waals surface area contributed by atoms with Crippen LogP contribution in [0.1, 0.15) is 41.8 Å². The molecule has 3 aromatic rings. The minimum Gasteiger partial charge on any atom is -0.368 e. The molecule has 0 saturated heterocycles. The summed E-state index contributed by atoms with van der Waals surface area (Å²) in [5, 5.41) is 7.54. The molecule has 4 amide bonds. The van der Waals surface area contributed by atoms with Crippen molar-refractivity contribution >= 4 is 37.1 Å². The Morgan fingerprint density at radius 1 is 0.911 bits per heavy atom. The van der Waals surface area contributed by atoms with Crippen LogP contribution in [0.3, 0.4) is 0 Å². The third kappa shape index (κ3) is 11.1. The van der Waals surface area contributed by atoms with Gasteiger partial charge < -0.3 is 26.6 Å². The van der Waals surface area contributed by atoms with Gasteiger partial charge in [-0.2, -0.15) is 0 Å². The summed E-state index contributed by atoms with van der Waals surface area (Å²) in [7, 11) is -4.47. The van der Waals surface area contributed by atoms with Crippen LogP contribution in [-0.4, -0.2) is 52.6 Å². The van der Waals surface area contributed by atoms with Gasteiger partial charge in [0.05, 0.1) is 0 Å². The first-order valence-electron chi connectivity index (χ1n) is 14.4. The molecule has 0 heterocycles. The number of nitrogens with one attached hydrogen (secondary N) is 3. The number of hydrogen-bond acceptors (Lipinski definition) is 5. The highest BCUT2D eigenvalue weighted by Crippen LogP contribution is 2.46. The number of nitrogens with two attached hydrogens (primary N) is 1. The molecule has 0 saturated carbocycles. The molecule has 2 unspecified atom stereocenters. The molecule has 45 heavy (non-hydrogen) atoms. The molecule has 10 nitrogen and oxygen atoms in total. The Morgan fingerprint density at radius 3 is 2.16 bits per heavy atom. The van der Waals surface area contributed by atoms with Crippen LogP contribution in [0.25, 0.3) is 6.08 Å². The van der Waals surface area contributed by atoms with Gasteiger partial charge in [-0.1, -0.05) is 92.7 Å². The van der Waals surface area contributed by atoms with E-state index in [4.69, 9.17) is 5.73 Å². The van der Waals surface area contributed by atoms with Crippen molar-refractivity contribution in [2.75, 3.05) is 6.16 Å². The van der Waals surface area contributed by atoms with Gasteiger partial charge in [0, 0.05) is 12.0 Å². The highest BCUT2D eigenvalue weighted by molar-refractivity contribution is 7.59. The van der Waals surface area contributed by atoms with Crippen LogP contribution in [0, 0.1) is 11.7 Å². The maximum absolute atomic E-state index is 13.7. The first-order chi connectivity index (χ1) is 21.4. The number of halogens is 1. The van der Waals surface area contributed by atoms with E-state index in [1.807, 2.05) is 30.3 Å². The van der Waals surface area contributed by atoms with E-state index in [2.05, 4.69) is 16.0 Å². The highest BCUT2D eigenvalue weighted by atomic mass is 31.2. The molecular weight excluding hydrogens is 598 g/mol. The predicted molar refractivity (Wildman–Crippen MR) is 170 cm³/mol. The molecule has 4 atom stereocenters. The summed E-state index contributed by atoms with van der Waals surface area (Å²) in [5.41, 5.74) is 6.97. The number of rotatable bonds is 15. The lowest BCUT2D eigenvalue weighted by molar-refractivity contribution is -0.131.